The first-order chi connectivity index (χ1) is 7.33. The summed E-state index contributed by atoms with van der Waals surface area (Å²) in [5.41, 5.74) is 0. The van der Waals surface area contributed by atoms with Crippen molar-refractivity contribution < 1.29 is 4.79 Å². The average Bonchev–Trinajstić information content (AvgIpc) is 2.74. The fourth-order valence-electron chi connectivity index (χ4n) is 1.13. The van der Waals surface area contributed by atoms with Gasteiger partial charge < -0.3 is 9.88 Å². The third kappa shape index (κ3) is 4.87. The number of carbonyl (C=O) groups excluding carboxylic acids is 1. The molecule has 0 saturated heterocycles. The van der Waals surface area contributed by atoms with Crippen molar-refractivity contribution in [2.45, 2.75) is 26.3 Å². The highest BCUT2D eigenvalue weighted by Crippen LogP contribution is 1.90. The van der Waals surface area contributed by atoms with Gasteiger partial charge in [-0.2, -0.15) is 0 Å². The van der Waals surface area contributed by atoms with Crippen LogP contribution in [-0.2, 0) is 11.3 Å². The molecule has 1 aromatic heterocycles. The third-order valence-corrected chi connectivity index (χ3v) is 1.91. The summed E-state index contributed by atoms with van der Waals surface area (Å²) in [6.45, 7) is 3.09. The average molecular weight is 205 g/mol. The van der Waals surface area contributed by atoms with Crippen LogP contribution in [0.3, 0.4) is 0 Å². The van der Waals surface area contributed by atoms with Crippen LogP contribution in [0.5, 0.6) is 0 Å². The molecule has 0 fully saturated rings. The fraction of sp³-hybridized carbons (Fsp3) is 0.455. The van der Waals surface area contributed by atoms with Crippen molar-refractivity contribution in [3.8, 4) is 11.8 Å². The lowest BCUT2D eigenvalue weighted by Crippen LogP contribution is -2.25. The monoisotopic (exact) mass is 205 g/mol. The van der Waals surface area contributed by atoms with Gasteiger partial charge in [-0.05, 0) is 6.92 Å². The number of aromatic nitrogens is 2. The zero-order valence-corrected chi connectivity index (χ0v) is 8.86. The van der Waals surface area contributed by atoms with Gasteiger partial charge in [0.15, 0.2) is 0 Å². The van der Waals surface area contributed by atoms with Gasteiger partial charge in [-0.15, -0.1) is 11.8 Å². The summed E-state index contributed by atoms with van der Waals surface area (Å²) in [6.07, 6.45) is 6.45. The summed E-state index contributed by atoms with van der Waals surface area (Å²) in [5.74, 6) is 5.73. The number of imidazole rings is 1. The van der Waals surface area contributed by atoms with Crippen molar-refractivity contribution in [1.82, 2.24) is 14.9 Å². The molecular weight excluding hydrogens is 190 g/mol. The van der Waals surface area contributed by atoms with Crippen LogP contribution in [0.2, 0.25) is 0 Å². The second-order valence-corrected chi connectivity index (χ2v) is 3.08. The molecule has 4 heteroatoms. The van der Waals surface area contributed by atoms with Gasteiger partial charge in [-0.3, -0.25) is 4.79 Å². The largest absolute Gasteiger partial charge is 0.355 e. The van der Waals surface area contributed by atoms with Crippen molar-refractivity contribution in [1.29, 1.82) is 0 Å². The first-order valence-corrected chi connectivity index (χ1v) is 4.95. The van der Waals surface area contributed by atoms with Crippen LogP contribution >= 0.6 is 0 Å². The summed E-state index contributed by atoms with van der Waals surface area (Å²) in [4.78, 5) is 15.2. The van der Waals surface area contributed by atoms with Crippen molar-refractivity contribution in [3.05, 3.63) is 18.7 Å². The molecule has 0 aromatic carbocycles. The molecule has 0 aliphatic rings. The number of nitrogens with one attached hydrogen (secondary N) is 1. The number of rotatable bonds is 5. The van der Waals surface area contributed by atoms with Crippen LogP contribution in [0.4, 0.5) is 0 Å². The van der Waals surface area contributed by atoms with Gasteiger partial charge in [0.1, 0.15) is 0 Å². The van der Waals surface area contributed by atoms with E-state index < -0.39 is 0 Å². The molecule has 1 amide bonds. The molecule has 0 saturated carbocycles. The van der Waals surface area contributed by atoms with Gasteiger partial charge >= 0.3 is 0 Å². The lowest BCUT2D eigenvalue weighted by Gasteiger charge is -2.03. The van der Waals surface area contributed by atoms with E-state index in [4.69, 9.17) is 0 Å². The summed E-state index contributed by atoms with van der Waals surface area (Å²) in [5, 5.41) is 2.80. The maximum Gasteiger partial charge on any atom is 0.221 e. The maximum atomic E-state index is 11.3. The van der Waals surface area contributed by atoms with Crippen LogP contribution in [-0.4, -0.2) is 22.0 Å². The Kier molecular flexibility index (Phi) is 5.02. The molecule has 0 atom stereocenters. The summed E-state index contributed by atoms with van der Waals surface area (Å²) in [7, 11) is 0. The van der Waals surface area contributed by atoms with Crippen molar-refractivity contribution in [2.24, 2.45) is 0 Å². The normalized spacial score (nSPS) is 9.13. The van der Waals surface area contributed by atoms with Crippen LogP contribution in [0.25, 0.3) is 0 Å². The molecular formula is C11H15N3O. The minimum Gasteiger partial charge on any atom is -0.355 e. The molecule has 1 heterocycles. The van der Waals surface area contributed by atoms with E-state index in [-0.39, 0.29) is 5.91 Å². The topological polar surface area (TPSA) is 46.9 Å². The highest BCUT2D eigenvalue weighted by Gasteiger charge is 1.99. The predicted octanol–water partition coefficient (Wildman–Crippen LogP) is 0.803. The standard InChI is InChI=1S/C11H15N3O/c1-2-3-4-6-13-11(15)5-8-14-9-7-12-10-14/h7,9-10H,4-6,8H2,1H3,(H,13,15). The molecule has 1 rings (SSSR count). The number of amides is 1. The Morgan fingerprint density at radius 2 is 2.47 bits per heavy atom. The second kappa shape index (κ2) is 6.66. The van der Waals surface area contributed by atoms with Crippen molar-refractivity contribution in [2.75, 3.05) is 6.54 Å². The number of nitrogens with zero attached hydrogens (tertiary/aromatic N) is 2. The van der Waals surface area contributed by atoms with E-state index in [0.717, 1.165) is 0 Å². The molecule has 0 bridgehead atoms. The zero-order chi connectivity index (χ0) is 10.9. The minimum absolute atomic E-state index is 0.0570. The predicted molar refractivity (Wildman–Crippen MR) is 57.9 cm³/mol. The summed E-state index contributed by atoms with van der Waals surface area (Å²) in [6, 6.07) is 0. The number of hydrogen-bond acceptors (Lipinski definition) is 2. The number of carbonyl (C=O) groups is 1. The molecule has 0 spiro atoms. The Bertz CT molecular complexity index is 346. The highest BCUT2D eigenvalue weighted by atomic mass is 16.1. The van der Waals surface area contributed by atoms with E-state index in [2.05, 4.69) is 22.1 Å². The molecule has 4 nitrogen and oxygen atoms in total. The first-order valence-electron chi connectivity index (χ1n) is 4.95. The highest BCUT2D eigenvalue weighted by molar-refractivity contribution is 5.75. The SMILES string of the molecule is CC#CCCNC(=O)CCn1ccnc1. The Morgan fingerprint density at radius 3 is 3.13 bits per heavy atom. The zero-order valence-electron chi connectivity index (χ0n) is 8.86. The fourth-order valence-corrected chi connectivity index (χ4v) is 1.13. The van der Waals surface area contributed by atoms with Crippen molar-refractivity contribution in [3.63, 3.8) is 0 Å². The number of aryl methyl sites for hydroxylation is 1. The molecule has 1 N–H and O–H groups in total. The molecule has 0 aliphatic heterocycles. The third-order valence-electron chi connectivity index (χ3n) is 1.91. The van der Waals surface area contributed by atoms with E-state index in [1.807, 2.05) is 10.8 Å². The van der Waals surface area contributed by atoms with E-state index in [9.17, 15) is 4.79 Å². The van der Waals surface area contributed by atoms with Gasteiger partial charge in [0.25, 0.3) is 0 Å². The quantitative estimate of drug-likeness (QED) is 0.571. The minimum atomic E-state index is 0.0570. The van der Waals surface area contributed by atoms with Crippen LogP contribution in [0.1, 0.15) is 19.8 Å². The Balaban J connectivity index is 2.10. The van der Waals surface area contributed by atoms with E-state index >= 15 is 0 Å². The van der Waals surface area contributed by atoms with E-state index in [1.165, 1.54) is 0 Å². The Morgan fingerprint density at radius 1 is 1.60 bits per heavy atom. The van der Waals surface area contributed by atoms with Gasteiger partial charge in [0.05, 0.1) is 6.33 Å². The molecule has 0 radical (unpaired) electrons. The van der Waals surface area contributed by atoms with Crippen molar-refractivity contribution >= 4 is 5.91 Å². The van der Waals surface area contributed by atoms with Gasteiger partial charge in [0, 0.05) is 38.3 Å². The molecule has 1 aromatic rings. The van der Waals surface area contributed by atoms with Gasteiger partial charge in [-0.1, -0.05) is 0 Å². The Labute approximate surface area is 89.7 Å². The van der Waals surface area contributed by atoms with Crippen LogP contribution in [0, 0.1) is 11.8 Å². The molecule has 0 aliphatic carbocycles. The van der Waals surface area contributed by atoms with E-state index in [0.29, 0.717) is 25.9 Å². The summed E-state index contributed by atoms with van der Waals surface area (Å²) >= 11 is 0. The van der Waals surface area contributed by atoms with Gasteiger partial charge in [0.2, 0.25) is 5.91 Å². The lowest BCUT2D eigenvalue weighted by molar-refractivity contribution is -0.121. The lowest BCUT2D eigenvalue weighted by atomic mass is 10.3. The second-order valence-electron chi connectivity index (χ2n) is 3.08. The van der Waals surface area contributed by atoms with E-state index in [1.54, 1.807) is 19.4 Å². The molecule has 0 unspecified atom stereocenters. The van der Waals surface area contributed by atoms with Crippen LogP contribution in [0.15, 0.2) is 18.7 Å². The molecule has 80 valence electrons. The van der Waals surface area contributed by atoms with Gasteiger partial charge in [-0.25, -0.2) is 4.98 Å². The number of hydrogen-bond donors (Lipinski definition) is 1. The molecule has 15 heavy (non-hydrogen) atoms. The first kappa shape index (κ1) is 11.3. The Hall–Kier alpha value is -1.76. The maximum absolute atomic E-state index is 11.3. The summed E-state index contributed by atoms with van der Waals surface area (Å²) < 4.78 is 1.88. The van der Waals surface area contributed by atoms with Crippen LogP contribution < -0.4 is 5.32 Å². The smallest absolute Gasteiger partial charge is 0.221 e.